The molecule has 6 heteroatoms. The van der Waals surface area contributed by atoms with Crippen LogP contribution in [-0.2, 0) is 4.79 Å². The number of carboxylic acids is 1. The first-order valence-corrected chi connectivity index (χ1v) is 6.97. The van der Waals surface area contributed by atoms with E-state index in [1.807, 2.05) is 26.8 Å². The summed E-state index contributed by atoms with van der Waals surface area (Å²) in [6.45, 7) is 6.39. The molecule has 0 radical (unpaired) electrons. The number of anilines is 1. The number of nitrogens with zero attached hydrogens (tertiary/aromatic N) is 1. The lowest BCUT2D eigenvalue weighted by molar-refractivity contribution is -0.137. The Bertz CT molecular complexity index is 501. The second-order valence-corrected chi connectivity index (χ2v) is 5.88. The van der Waals surface area contributed by atoms with Gasteiger partial charge in [-0.1, -0.05) is 13.8 Å². The van der Waals surface area contributed by atoms with E-state index in [9.17, 15) is 9.59 Å². The summed E-state index contributed by atoms with van der Waals surface area (Å²) in [6, 6.07) is 1.55. The molecule has 116 valence electrons. The Labute approximate surface area is 125 Å². The van der Waals surface area contributed by atoms with E-state index in [0.29, 0.717) is 18.7 Å². The highest BCUT2D eigenvalue weighted by molar-refractivity contribution is 5.89. The topological polar surface area (TPSA) is 91.3 Å². The number of urea groups is 1. The number of pyridine rings is 1. The molecule has 0 saturated carbocycles. The van der Waals surface area contributed by atoms with Gasteiger partial charge in [0.1, 0.15) is 0 Å². The SMILES string of the molecule is Cc1ccncc1NC(=O)NCCC(C)(C)CCC(=O)O. The van der Waals surface area contributed by atoms with E-state index >= 15 is 0 Å². The van der Waals surface area contributed by atoms with Crippen LogP contribution in [0.3, 0.4) is 0 Å². The van der Waals surface area contributed by atoms with Crippen molar-refractivity contribution >= 4 is 17.7 Å². The highest BCUT2D eigenvalue weighted by Gasteiger charge is 2.19. The van der Waals surface area contributed by atoms with Crippen molar-refractivity contribution in [2.75, 3.05) is 11.9 Å². The number of hydrogen-bond acceptors (Lipinski definition) is 3. The molecule has 0 atom stereocenters. The standard InChI is InChI=1S/C15H23N3O3/c1-11-5-8-16-10-12(11)18-14(21)17-9-7-15(2,3)6-4-13(19)20/h5,8,10H,4,6-7,9H2,1-3H3,(H,19,20)(H2,17,18,21). The van der Waals surface area contributed by atoms with E-state index in [-0.39, 0.29) is 17.9 Å². The minimum Gasteiger partial charge on any atom is -0.481 e. The maximum Gasteiger partial charge on any atom is 0.319 e. The summed E-state index contributed by atoms with van der Waals surface area (Å²) in [4.78, 5) is 26.3. The summed E-state index contributed by atoms with van der Waals surface area (Å²) >= 11 is 0. The third kappa shape index (κ3) is 6.74. The highest BCUT2D eigenvalue weighted by atomic mass is 16.4. The lowest BCUT2D eigenvalue weighted by Crippen LogP contribution is -2.32. The maximum absolute atomic E-state index is 11.8. The van der Waals surface area contributed by atoms with Crippen LogP contribution in [0.25, 0.3) is 0 Å². The van der Waals surface area contributed by atoms with Crippen molar-refractivity contribution in [1.29, 1.82) is 0 Å². The molecule has 6 nitrogen and oxygen atoms in total. The normalized spacial score (nSPS) is 11.0. The Morgan fingerprint density at radius 2 is 2.05 bits per heavy atom. The van der Waals surface area contributed by atoms with Crippen molar-refractivity contribution in [3.63, 3.8) is 0 Å². The summed E-state index contributed by atoms with van der Waals surface area (Å²) in [6.07, 6.45) is 4.73. The molecule has 3 N–H and O–H groups in total. The van der Waals surface area contributed by atoms with Gasteiger partial charge in [0.2, 0.25) is 0 Å². The van der Waals surface area contributed by atoms with Gasteiger partial charge in [0.05, 0.1) is 11.9 Å². The number of carboxylic acid groups (broad SMARTS) is 1. The highest BCUT2D eigenvalue weighted by Crippen LogP contribution is 2.26. The third-order valence-corrected chi connectivity index (χ3v) is 3.39. The van der Waals surface area contributed by atoms with Gasteiger partial charge < -0.3 is 15.7 Å². The van der Waals surface area contributed by atoms with Crippen molar-refractivity contribution in [3.8, 4) is 0 Å². The summed E-state index contributed by atoms with van der Waals surface area (Å²) in [7, 11) is 0. The molecular formula is C15H23N3O3. The van der Waals surface area contributed by atoms with Gasteiger partial charge in [-0.3, -0.25) is 9.78 Å². The van der Waals surface area contributed by atoms with Gasteiger partial charge in [-0.25, -0.2) is 4.79 Å². The molecule has 0 aromatic carbocycles. The first-order valence-electron chi connectivity index (χ1n) is 6.97. The summed E-state index contributed by atoms with van der Waals surface area (Å²) in [5.41, 5.74) is 1.51. The monoisotopic (exact) mass is 293 g/mol. The molecule has 0 bridgehead atoms. The Balaban J connectivity index is 2.33. The molecule has 0 saturated heterocycles. The van der Waals surface area contributed by atoms with Crippen molar-refractivity contribution in [2.24, 2.45) is 5.41 Å². The molecule has 1 rings (SSSR count). The molecule has 0 aliphatic carbocycles. The predicted molar refractivity (Wildman–Crippen MR) is 81.3 cm³/mol. The first kappa shape index (κ1) is 16.9. The average Bonchev–Trinajstić information content (AvgIpc) is 2.39. The van der Waals surface area contributed by atoms with Crippen LogP contribution in [0.2, 0.25) is 0 Å². The van der Waals surface area contributed by atoms with Crippen LogP contribution in [-0.4, -0.2) is 28.6 Å². The van der Waals surface area contributed by atoms with Crippen molar-refractivity contribution < 1.29 is 14.7 Å². The van der Waals surface area contributed by atoms with Gasteiger partial charge in [-0.2, -0.15) is 0 Å². The number of carbonyl (C=O) groups excluding carboxylic acids is 1. The van der Waals surface area contributed by atoms with E-state index in [1.54, 1.807) is 12.4 Å². The van der Waals surface area contributed by atoms with Gasteiger partial charge in [0, 0.05) is 19.2 Å². The number of aliphatic carboxylic acids is 1. The van der Waals surface area contributed by atoms with Crippen LogP contribution in [0.4, 0.5) is 10.5 Å². The van der Waals surface area contributed by atoms with Gasteiger partial charge in [0.15, 0.2) is 0 Å². The zero-order valence-corrected chi connectivity index (χ0v) is 12.8. The van der Waals surface area contributed by atoms with Gasteiger partial charge in [-0.05, 0) is 36.8 Å². The lowest BCUT2D eigenvalue weighted by Gasteiger charge is -2.23. The average molecular weight is 293 g/mol. The molecule has 0 unspecified atom stereocenters. The van der Waals surface area contributed by atoms with Crippen molar-refractivity contribution in [2.45, 2.75) is 40.0 Å². The second kappa shape index (κ2) is 7.61. The maximum atomic E-state index is 11.8. The summed E-state index contributed by atoms with van der Waals surface area (Å²) in [5.74, 6) is -0.791. The van der Waals surface area contributed by atoms with Crippen LogP contribution < -0.4 is 10.6 Å². The van der Waals surface area contributed by atoms with E-state index in [2.05, 4.69) is 15.6 Å². The Kier molecular flexibility index (Phi) is 6.14. The molecule has 0 fully saturated rings. The van der Waals surface area contributed by atoms with Gasteiger partial charge >= 0.3 is 12.0 Å². The quantitative estimate of drug-likeness (QED) is 0.721. The van der Waals surface area contributed by atoms with E-state index in [0.717, 1.165) is 12.0 Å². The van der Waals surface area contributed by atoms with E-state index in [1.165, 1.54) is 0 Å². The number of rotatable bonds is 7. The number of carbonyl (C=O) groups is 2. The molecule has 1 heterocycles. The fraction of sp³-hybridized carbons (Fsp3) is 0.533. The molecule has 1 aromatic heterocycles. The fourth-order valence-corrected chi connectivity index (χ4v) is 1.85. The largest absolute Gasteiger partial charge is 0.481 e. The minimum absolute atomic E-state index is 0.115. The van der Waals surface area contributed by atoms with Crippen molar-refractivity contribution in [1.82, 2.24) is 10.3 Å². The zero-order chi connectivity index (χ0) is 15.9. The van der Waals surface area contributed by atoms with Gasteiger partial charge in [-0.15, -0.1) is 0 Å². The van der Waals surface area contributed by atoms with Crippen LogP contribution in [0.5, 0.6) is 0 Å². The van der Waals surface area contributed by atoms with Crippen LogP contribution in [0, 0.1) is 12.3 Å². The number of nitrogens with one attached hydrogen (secondary N) is 2. The molecule has 1 aromatic rings. The summed E-state index contributed by atoms with van der Waals surface area (Å²) < 4.78 is 0. The van der Waals surface area contributed by atoms with Crippen LogP contribution in [0.15, 0.2) is 18.5 Å². The molecular weight excluding hydrogens is 270 g/mol. The number of aryl methyl sites for hydroxylation is 1. The van der Waals surface area contributed by atoms with Crippen molar-refractivity contribution in [3.05, 3.63) is 24.0 Å². The predicted octanol–water partition coefficient (Wildman–Crippen LogP) is 2.79. The minimum atomic E-state index is -0.791. The fourth-order valence-electron chi connectivity index (χ4n) is 1.85. The smallest absolute Gasteiger partial charge is 0.319 e. The summed E-state index contributed by atoms with van der Waals surface area (Å²) in [5, 5.41) is 14.2. The van der Waals surface area contributed by atoms with E-state index < -0.39 is 5.97 Å². The Morgan fingerprint density at radius 3 is 2.67 bits per heavy atom. The first-order chi connectivity index (χ1) is 9.80. The zero-order valence-electron chi connectivity index (χ0n) is 12.8. The van der Waals surface area contributed by atoms with Crippen LogP contribution in [0.1, 0.15) is 38.7 Å². The second-order valence-electron chi connectivity index (χ2n) is 5.88. The Morgan fingerprint density at radius 1 is 1.33 bits per heavy atom. The molecule has 0 spiro atoms. The number of aromatic nitrogens is 1. The lowest BCUT2D eigenvalue weighted by atomic mass is 9.84. The molecule has 0 aliphatic heterocycles. The van der Waals surface area contributed by atoms with E-state index in [4.69, 9.17) is 5.11 Å². The van der Waals surface area contributed by atoms with Crippen LogP contribution >= 0.6 is 0 Å². The molecule has 21 heavy (non-hydrogen) atoms. The molecule has 2 amide bonds. The molecule has 0 aliphatic rings. The number of amides is 2. The van der Waals surface area contributed by atoms with Gasteiger partial charge in [0.25, 0.3) is 0 Å². The Hall–Kier alpha value is -2.11. The number of hydrogen-bond donors (Lipinski definition) is 3. The third-order valence-electron chi connectivity index (χ3n) is 3.39.